The van der Waals surface area contributed by atoms with Crippen LogP contribution in [0.25, 0.3) is 33.4 Å². The predicted octanol–water partition coefficient (Wildman–Crippen LogP) is 5.85. The molecule has 6 rings (SSSR count). The van der Waals surface area contributed by atoms with Crippen molar-refractivity contribution in [2.24, 2.45) is 0 Å². The molecule has 0 unspecified atom stereocenters. The molecular weight excluding hydrogens is 554 g/mol. The fraction of sp³-hybridized carbons (Fsp3) is 0.206. The number of nitrogens with one attached hydrogen (secondary N) is 2. The maximum Gasteiger partial charge on any atom is 0.323 e. The molecule has 5 aromatic rings. The second-order valence-corrected chi connectivity index (χ2v) is 10.8. The van der Waals surface area contributed by atoms with Gasteiger partial charge in [0.25, 0.3) is 5.91 Å². The number of benzene rings is 3. The van der Waals surface area contributed by atoms with Gasteiger partial charge in [-0.25, -0.2) is 14.8 Å². The highest BCUT2D eigenvalue weighted by Gasteiger charge is 2.19. The molecule has 0 radical (unpaired) electrons. The molecule has 222 valence electrons. The van der Waals surface area contributed by atoms with E-state index in [4.69, 9.17) is 14.7 Å². The van der Waals surface area contributed by atoms with Crippen LogP contribution in [0.1, 0.15) is 16.1 Å². The van der Waals surface area contributed by atoms with Gasteiger partial charge in [0.2, 0.25) is 0 Å². The second-order valence-electron chi connectivity index (χ2n) is 10.8. The number of hydrogen-bond acceptors (Lipinski definition) is 7. The van der Waals surface area contributed by atoms with Gasteiger partial charge in [-0.3, -0.25) is 9.78 Å². The number of nitrogens with zero attached hydrogens (tertiary/aromatic N) is 5. The Morgan fingerprint density at radius 3 is 2.16 bits per heavy atom. The van der Waals surface area contributed by atoms with Crippen molar-refractivity contribution >= 4 is 40.0 Å². The maximum absolute atomic E-state index is 12.7. The number of fused-ring (bicyclic) bond motifs is 1. The Morgan fingerprint density at radius 1 is 0.841 bits per heavy atom. The Labute approximate surface area is 255 Å². The van der Waals surface area contributed by atoms with Crippen molar-refractivity contribution < 1.29 is 14.3 Å². The van der Waals surface area contributed by atoms with Crippen molar-refractivity contribution in [2.75, 3.05) is 55.9 Å². The minimum absolute atomic E-state index is 0.0995. The fourth-order valence-corrected chi connectivity index (χ4v) is 5.17. The number of aromatic nitrogens is 3. The number of anilines is 3. The topological polar surface area (TPSA) is 113 Å². The summed E-state index contributed by atoms with van der Waals surface area (Å²) in [7, 11) is 3.39. The number of aryl methyl sites for hydroxylation is 1. The number of morpholine rings is 1. The molecule has 2 N–H and O–H groups in total. The normalized spacial score (nSPS) is 13.0. The van der Waals surface area contributed by atoms with Gasteiger partial charge in [0, 0.05) is 72.5 Å². The summed E-state index contributed by atoms with van der Waals surface area (Å²) in [5.41, 5.74) is 6.49. The van der Waals surface area contributed by atoms with E-state index >= 15 is 0 Å². The average Bonchev–Trinajstić information content (AvgIpc) is 3.05. The van der Waals surface area contributed by atoms with E-state index in [9.17, 15) is 9.59 Å². The minimum Gasteiger partial charge on any atom is -0.378 e. The molecule has 10 nitrogen and oxygen atoms in total. The summed E-state index contributed by atoms with van der Waals surface area (Å²) >= 11 is 0. The highest BCUT2D eigenvalue weighted by Crippen LogP contribution is 2.32. The molecule has 0 bridgehead atoms. The molecule has 0 atom stereocenters. The summed E-state index contributed by atoms with van der Waals surface area (Å²) in [6.07, 6.45) is 1.80. The first-order chi connectivity index (χ1) is 21.4. The van der Waals surface area contributed by atoms with Crippen LogP contribution in [-0.2, 0) is 4.74 Å². The summed E-state index contributed by atoms with van der Waals surface area (Å²) in [4.78, 5) is 43.0. The summed E-state index contributed by atoms with van der Waals surface area (Å²) in [5, 5.41) is 6.63. The van der Waals surface area contributed by atoms with Crippen molar-refractivity contribution in [2.45, 2.75) is 6.92 Å². The first-order valence-electron chi connectivity index (χ1n) is 14.4. The van der Waals surface area contributed by atoms with Gasteiger partial charge in [-0.1, -0.05) is 12.1 Å². The van der Waals surface area contributed by atoms with Crippen LogP contribution in [0.3, 0.4) is 0 Å². The van der Waals surface area contributed by atoms with E-state index in [0.29, 0.717) is 36.0 Å². The molecule has 3 amide bonds. The van der Waals surface area contributed by atoms with Gasteiger partial charge in [-0.2, -0.15) is 0 Å². The number of urea groups is 1. The van der Waals surface area contributed by atoms with E-state index in [-0.39, 0.29) is 11.9 Å². The molecule has 1 aliphatic heterocycles. The van der Waals surface area contributed by atoms with Gasteiger partial charge in [-0.15, -0.1) is 0 Å². The van der Waals surface area contributed by atoms with Gasteiger partial charge < -0.3 is 25.2 Å². The van der Waals surface area contributed by atoms with Crippen LogP contribution in [0.4, 0.5) is 22.0 Å². The standard InChI is InChI=1S/C34H33N7O3/c1-22-28(5-4-16-35-22)25-10-15-29-30(21-25)38-31(39-32(29)41-17-19-44-20-18-41)23-6-11-26(12-7-23)36-34(43)37-27-13-8-24(9-14-27)33(42)40(2)3/h4-16,21H,17-20H2,1-3H3,(H2,36,37,43). The van der Waals surface area contributed by atoms with Crippen molar-refractivity contribution in [1.82, 2.24) is 19.9 Å². The second kappa shape index (κ2) is 12.5. The van der Waals surface area contributed by atoms with E-state index in [0.717, 1.165) is 52.2 Å². The zero-order chi connectivity index (χ0) is 30.6. The number of carbonyl (C=O) groups is 2. The Morgan fingerprint density at radius 2 is 1.50 bits per heavy atom. The van der Waals surface area contributed by atoms with Gasteiger partial charge in [0.05, 0.1) is 18.7 Å². The fourth-order valence-electron chi connectivity index (χ4n) is 5.17. The third-order valence-corrected chi connectivity index (χ3v) is 7.50. The lowest BCUT2D eigenvalue weighted by Crippen LogP contribution is -2.37. The van der Waals surface area contributed by atoms with Crippen LogP contribution in [-0.4, -0.2) is 72.2 Å². The highest BCUT2D eigenvalue weighted by atomic mass is 16.5. The third kappa shape index (κ3) is 6.20. The van der Waals surface area contributed by atoms with E-state index < -0.39 is 0 Å². The molecule has 0 spiro atoms. The first kappa shape index (κ1) is 28.8. The number of ether oxygens (including phenoxy) is 1. The molecular formula is C34H33N7O3. The molecule has 0 saturated carbocycles. The van der Waals surface area contributed by atoms with Crippen molar-refractivity contribution in [3.8, 4) is 22.5 Å². The lowest BCUT2D eigenvalue weighted by atomic mass is 10.0. The summed E-state index contributed by atoms with van der Waals surface area (Å²) in [5.74, 6) is 1.38. The lowest BCUT2D eigenvalue weighted by molar-refractivity contribution is 0.0827. The summed E-state index contributed by atoms with van der Waals surface area (Å²) in [6.45, 7) is 4.80. The highest BCUT2D eigenvalue weighted by molar-refractivity contribution is 6.00. The van der Waals surface area contributed by atoms with E-state index in [1.54, 1.807) is 44.6 Å². The van der Waals surface area contributed by atoms with Gasteiger partial charge in [0.15, 0.2) is 5.82 Å². The molecule has 1 fully saturated rings. The van der Waals surface area contributed by atoms with E-state index in [1.807, 2.05) is 37.3 Å². The van der Waals surface area contributed by atoms with Gasteiger partial charge in [0.1, 0.15) is 5.82 Å². The van der Waals surface area contributed by atoms with E-state index in [1.165, 1.54) is 4.90 Å². The number of rotatable bonds is 6. The van der Waals surface area contributed by atoms with Crippen LogP contribution in [0.15, 0.2) is 85.1 Å². The lowest BCUT2D eigenvalue weighted by Gasteiger charge is -2.29. The molecule has 3 aromatic carbocycles. The molecule has 1 saturated heterocycles. The SMILES string of the molecule is Cc1ncccc1-c1ccc2c(N3CCOCC3)nc(-c3ccc(NC(=O)Nc4ccc(C(=O)N(C)C)cc4)cc3)nc2c1. The Hall–Kier alpha value is -5.35. The first-order valence-corrected chi connectivity index (χ1v) is 14.4. The van der Waals surface area contributed by atoms with Crippen LogP contribution in [0.5, 0.6) is 0 Å². The van der Waals surface area contributed by atoms with Gasteiger partial charge in [-0.05, 0) is 79.2 Å². The number of amides is 3. The molecule has 10 heteroatoms. The van der Waals surface area contributed by atoms with Crippen molar-refractivity contribution in [3.63, 3.8) is 0 Å². The summed E-state index contributed by atoms with van der Waals surface area (Å²) in [6, 6.07) is 24.1. The van der Waals surface area contributed by atoms with Crippen LogP contribution < -0.4 is 15.5 Å². The summed E-state index contributed by atoms with van der Waals surface area (Å²) < 4.78 is 5.60. The number of carbonyl (C=O) groups excluding carboxylic acids is 2. The number of pyridine rings is 1. The van der Waals surface area contributed by atoms with Crippen molar-refractivity contribution in [3.05, 3.63) is 96.3 Å². The average molecular weight is 588 g/mol. The molecule has 44 heavy (non-hydrogen) atoms. The molecule has 3 heterocycles. The molecule has 2 aromatic heterocycles. The Bertz CT molecular complexity index is 1820. The van der Waals surface area contributed by atoms with Crippen LogP contribution >= 0.6 is 0 Å². The Balaban J connectivity index is 1.25. The number of hydrogen-bond donors (Lipinski definition) is 2. The third-order valence-electron chi connectivity index (χ3n) is 7.50. The van der Waals surface area contributed by atoms with Crippen molar-refractivity contribution in [1.29, 1.82) is 0 Å². The zero-order valence-corrected chi connectivity index (χ0v) is 24.9. The smallest absolute Gasteiger partial charge is 0.323 e. The molecule has 0 aliphatic carbocycles. The zero-order valence-electron chi connectivity index (χ0n) is 24.9. The van der Waals surface area contributed by atoms with Crippen LogP contribution in [0, 0.1) is 6.92 Å². The maximum atomic E-state index is 12.7. The quantitative estimate of drug-likeness (QED) is 0.256. The largest absolute Gasteiger partial charge is 0.378 e. The minimum atomic E-state index is -0.390. The van der Waals surface area contributed by atoms with Gasteiger partial charge >= 0.3 is 6.03 Å². The monoisotopic (exact) mass is 587 g/mol. The molecule has 1 aliphatic rings. The van der Waals surface area contributed by atoms with Crippen LogP contribution in [0.2, 0.25) is 0 Å². The predicted molar refractivity (Wildman–Crippen MR) is 173 cm³/mol. The van der Waals surface area contributed by atoms with E-state index in [2.05, 4.69) is 44.8 Å². The Kier molecular flexibility index (Phi) is 8.16.